The Bertz CT molecular complexity index is 626. The van der Waals surface area contributed by atoms with Crippen molar-refractivity contribution in [1.82, 2.24) is 9.88 Å². The van der Waals surface area contributed by atoms with Gasteiger partial charge in [0.15, 0.2) is 5.13 Å². The molecule has 6 nitrogen and oxygen atoms in total. The second-order valence-corrected chi connectivity index (χ2v) is 9.17. The highest BCUT2D eigenvalue weighted by Gasteiger charge is 2.37. The van der Waals surface area contributed by atoms with E-state index in [4.69, 9.17) is 9.72 Å². The molecule has 2 aliphatic heterocycles. The average molecular weight is 394 g/mol. The van der Waals surface area contributed by atoms with Gasteiger partial charge in [-0.25, -0.2) is 4.98 Å². The largest absolute Gasteiger partial charge is 0.392 e. The van der Waals surface area contributed by atoms with Gasteiger partial charge < -0.3 is 15.2 Å². The van der Waals surface area contributed by atoms with E-state index in [0.717, 1.165) is 38.3 Å². The predicted octanol–water partition coefficient (Wildman–Crippen LogP) is 2.99. The number of aliphatic hydroxyl groups excluding tert-OH is 1. The number of carbonyl (C=O) groups excluding carboxylic acids is 1. The molecule has 0 unspecified atom stereocenters. The number of aliphatic hydroxyl groups is 1. The fourth-order valence-corrected chi connectivity index (χ4v) is 5.53. The maximum absolute atomic E-state index is 12.9. The number of carbonyl (C=O) groups is 1. The van der Waals surface area contributed by atoms with Crippen LogP contribution in [-0.4, -0.2) is 59.3 Å². The highest BCUT2D eigenvalue weighted by atomic mass is 32.1. The molecule has 2 N–H and O–H groups in total. The van der Waals surface area contributed by atoms with Crippen LogP contribution in [0.1, 0.15) is 63.0 Å². The number of hydrogen-bond donors (Lipinski definition) is 2. The minimum absolute atomic E-state index is 0.0249. The van der Waals surface area contributed by atoms with Crippen molar-refractivity contribution in [2.24, 2.45) is 5.92 Å². The quantitative estimate of drug-likeness (QED) is 0.804. The van der Waals surface area contributed by atoms with Crippen LogP contribution in [0.4, 0.5) is 5.13 Å². The summed E-state index contributed by atoms with van der Waals surface area (Å²) in [6.45, 7) is 3.06. The van der Waals surface area contributed by atoms with Crippen LogP contribution in [0, 0.1) is 5.92 Å². The first-order valence-corrected chi connectivity index (χ1v) is 11.3. The fourth-order valence-electron chi connectivity index (χ4n) is 4.73. The van der Waals surface area contributed by atoms with Gasteiger partial charge in [0, 0.05) is 37.6 Å². The summed E-state index contributed by atoms with van der Waals surface area (Å²) in [5, 5.41) is 16.0. The SMILES string of the molecule is O=C(Nc1nc(C2CCCCC2)cs1)[C@@H]1C[C@@H](O)CN1CC1CCOCC1. The lowest BCUT2D eigenvalue weighted by Crippen LogP contribution is -2.42. The van der Waals surface area contributed by atoms with Crippen molar-refractivity contribution in [2.75, 3.05) is 31.6 Å². The zero-order valence-electron chi connectivity index (χ0n) is 15.9. The summed E-state index contributed by atoms with van der Waals surface area (Å²) in [7, 11) is 0. The first-order valence-electron chi connectivity index (χ1n) is 10.4. The van der Waals surface area contributed by atoms with Crippen LogP contribution in [0.25, 0.3) is 0 Å². The van der Waals surface area contributed by atoms with E-state index < -0.39 is 6.10 Å². The van der Waals surface area contributed by atoms with E-state index in [-0.39, 0.29) is 11.9 Å². The molecular formula is C20H31N3O3S. The summed E-state index contributed by atoms with van der Waals surface area (Å²) in [6.07, 6.45) is 8.49. The summed E-state index contributed by atoms with van der Waals surface area (Å²) in [5.41, 5.74) is 1.14. The zero-order chi connectivity index (χ0) is 18.6. The van der Waals surface area contributed by atoms with E-state index in [9.17, 15) is 9.90 Å². The van der Waals surface area contributed by atoms with Gasteiger partial charge in [0.25, 0.3) is 0 Å². The summed E-state index contributed by atoms with van der Waals surface area (Å²) in [6, 6.07) is -0.259. The fraction of sp³-hybridized carbons (Fsp3) is 0.800. The van der Waals surface area contributed by atoms with Crippen molar-refractivity contribution < 1.29 is 14.6 Å². The van der Waals surface area contributed by atoms with Crippen molar-refractivity contribution in [3.05, 3.63) is 11.1 Å². The standard InChI is InChI=1S/C20H31N3O3S/c24-16-10-18(23(12-16)11-14-6-8-26-9-7-14)19(25)22-20-21-17(13-27-20)15-4-2-1-3-5-15/h13-16,18,24H,1-12H2,(H,21,22,25)/t16-,18+/m1/s1. The van der Waals surface area contributed by atoms with Crippen LogP contribution in [0.15, 0.2) is 5.38 Å². The summed E-state index contributed by atoms with van der Waals surface area (Å²) >= 11 is 1.53. The van der Waals surface area contributed by atoms with Gasteiger partial charge in [0.1, 0.15) is 0 Å². The Hall–Kier alpha value is -1.02. The highest BCUT2D eigenvalue weighted by molar-refractivity contribution is 7.13. The van der Waals surface area contributed by atoms with Gasteiger partial charge in [-0.05, 0) is 38.0 Å². The van der Waals surface area contributed by atoms with Gasteiger partial charge in [-0.1, -0.05) is 19.3 Å². The molecule has 0 aromatic carbocycles. The van der Waals surface area contributed by atoms with Crippen LogP contribution >= 0.6 is 11.3 Å². The number of ether oxygens (including phenoxy) is 1. The molecule has 150 valence electrons. The molecule has 3 heterocycles. The van der Waals surface area contributed by atoms with E-state index in [1.54, 1.807) is 0 Å². The van der Waals surface area contributed by atoms with Crippen LogP contribution in [0.3, 0.4) is 0 Å². The Kier molecular flexibility index (Phi) is 6.42. The average Bonchev–Trinajstić information content (AvgIpc) is 3.30. The Morgan fingerprint density at radius 3 is 2.81 bits per heavy atom. The van der Waals surface area contributed by atoms with E-state index in [2.05, 4.69) is 15.6 Å². The molecule has 0 bridgehead atoms. The topological polar surface area (TPSA) is 74.7 Å². The molecule has 1 saturated carbocycles. The molecule has 3 aliphatic rings. The number of anilines is 1. The number of likely N-dealkylation sites (tertiary alicyclic amines) is 1. The number of nitrogens with zero attached hydrogens (tertiary/aromatic N) is 2. The maximum Gasteiger partial charge on any atom is 0.243 e. The van der Waals surface area contributed by atoms with Gasteiger partial charge in [-0.2, -0.15) is 0 Å². The smallest absolute Gasteiger partial charge is 0.243 e. The molecular weight excluding hydrogens is 362 g/mol. The summed E-state index contributed by atoms with van der Waals surface area (Å²) in [4.78, 5) is 19.7. The molecule has 27 heavy (non-hydrogen) atoms. The monoisotopic (exact) mass is 393 g/mol. The number of amides is 1. The van der Waals surface area contributed by atoms with Gasteiger partial charge in [0.2, 0.25) is 5.91 Å². The summed E-state index contributed by atoms with van der Waals surface area (Å²) < 4.78 is 5.44. The minimum Gasteiger partial charge on any atom is -0.392 e. The van der Waals surface area contributed by atoms with Crippen molar-refractivity contribution in [1.29, 1.82) is 0 Å². The Balaban J connectivity index is 1.35. The Morgan fingerprint density at radius 1 is 1.26 bits per heavy atom. The van der Waals surface area contributed by atoms with Crippen LogP contribution < -0.4 is 5.32 Å². The van der Waals surface area contributed by atoms with E-state index >= 15 is 0 Å². The predicted molar refractivity (Wildman–Crippen MR) is 106 cm³/mol. The second-order valence-electron chi connectivity index (χ2n) is 8.32. The molecule has 1 aromatic rings. The molecule has 1 aromatic heterocycles. The molecule has 1 amide bonds. The summed E-state index contributed by atoms with van der Waals surface area (Å²) in [5.74, 6) is 1.08. The number of β-amino-alcohol motifs (C(OH)–C–C–N with tert-alkyl or cyclic N) is 1. The lowest BCUT2D eigenvalue weighted by atomic mass is 9.87. The van der Waals surface area contributed by atoms with Gasteiger partial charge in [-0.3, -0.25) is 9.69 Å². The lowest BCUT2D eigenvalue weighted by molar-refractivity contribution is -0.120. The Labute approximate surface area is 165 Å². The molecule has 4 rings (SSSR count). The normalized spacial score (nSPS) is 28.5. The Morgan fingerprint density at radius 2 is 2.04 bits per heavy atom. The van der Waals surface area contributed by atoms with Crippen molar-refractivity contribution in [3.63, 3.8) is 0 Å². The molecule has 0 radical (unpaired) electrons. The first-order chi connectivity index (χ1) is 13.2. The van der Waals surface area contributed by atoms with Crippen LogP contribution in [0.2, 0.25) is 0 Å². The number of nitrogens with one attached hydrogen (secondary N) is 1. The first kappa shape index (κ1) is 19.3. The molecule has 1 aliphatic carbocycles. The molecule has 7 heteroatoms. The molecule has 2 saturated heterocycles. The number of thiazole rings is 1. The maximum atomic E-state index is 12.9. The minimum atomic E-state index is -0.422. The van der Waals surface area contributed by atoms with Crippen LogP contribution in [-0.2, 0) is 9.53 Å². The third-order valence-corrected chi connectivity index (χ3v) is 7.07. The van der Waals surface area contributed by atoms with Crippen molar-refractivity contribution >= 4 is 22.4 Å². The van der Waals surface area contributed by atoms with Crippen LogP contribution in [0.5, 0.6) is 0 Å². The zero-order valence-corrected chi connectivity index (χ0v) is 16.8. The third kappa shape index (κ3) is 4.88. The van der Waals surface area contributed by atoms with Gasteiger partial charge in [0.05, 0.1) is 17.8 Å². The molecule has 0 spiro atoms. The van der Waals surface area contributed by atoms with E-state index in [1.807, 2.05) is 0 Å². The van der Waals surface area contributed by atoms with E-state index in [1.165, 1.54) is 43.4 Å². The van der Waals surface area contributed by atoms with Crippen molar-refractivity contribution in [2.45, 2.75) is 69.4 Å². The van der Waals surface area contributed by atoms with Crippen molar-refractivity contribution in [3.8, 4) is 0 Å². The van der Waals surface area contributed by atoms with Gasteiger partial charge >= 0.3 is 0 Å². The third-order valence-electron chi connectivity index (χ3n) is 6.29. The molecule has 2 atom stereocenters. The highest BCUT2D eigenvalue weighted by Crippen LogP contribution is 2.34. The van der Waals surface area contributed by atoms with E-state index in [0.29, 0.717) is 29.9 Å². The number of hydrogen-bond acceptors (Lipinski definition) is 6. The second kappa shape index (κ2) is 8.99. The lowest BCUT2D eigenvalue weighted by Gasteiger charge is -2.30. The molecule has 3 fully saturated rings. The van der Waals surface area contributed by atoms with Gasteiger partial charge in [-0.15, -0.1) is 11.3 Å². The number of rotatable bonds is 5. The number of aromatic nitrogens is 1.